The van der Waals surface area contributed by atoms with Crippen molar-refractivity contribution in [3.05, 3.63) is 64.2 Å². The molecule has 0 aliphatic heterocycles. The first kappa shape index (κ1) is 12.9. The second kappa shape index (κ2) is 5.09. The Bertz CT molecular complexity index is 852. The lowest BCUT2D eigenvalue weighted by atomic mass is 10.2. The summed E-state index contributed by atoms with van der Waals surface area (Å²) in [4.78, 5) is 17.3. The fourth-order valence-electron chi connectivity index (χ4n) is 2.11. The van der Waals surface area contributed by atoms with Gasteiger partial charge in [-0.05, 0) is 12.1 Å². The Morgan fingerprint density at radius 1 is 1.19 bits per heavy atom. The van der Waals surface area contributed by atoms with Crippen LogP contribution in [-0.4, -0.2) is 21.2 Å². The smallest absolute Gasteiger partial charge is 0.271 e. The molecule has 0 aliphatic rings. The van der Waals surface area contributed by atoms with Crippen LogP contribution < -0.4 is 0 Å². The number of fused-ring (bicyclic) bond motifs is 1. The van der Waals surface area contributed by atoms with E-state index in [0.29, 0.717) is 11.3 Å². The molecule has 0 spiro atoms. The summed E-state index contributed by atoms with van der Waals surface area (Å²) < 4.78 is 0. The van der Waals surface area contributed by atoms with Crippen LogP contribution in [0, 0.1) is 10.1 Å². The van der Waals surface area contributed by atoms with Gasteiger partial charge in [0.15, 0.2) is 5.88 Å². The van der Waals surface area contributed by atoms with E-state index in [1.165, 1.54) is 18.3 Å². The van der Waals surface area contributed by atoms with Crippen molar-refractivity contribution in [2.45, 2.75) is 0 Å². The zero-order chi connectivity index (χ0) is 14.8. The van der Waals surface area contributed by atoms with Gasteiger partial charge in [-0.3, -0.25) is 15.1 Å². The van der Waals surface area contributed by atoms with Crippen LogP contribution >= 0.6 is 0 Å². The minimum absolute atomic E-state index is 0.0189. The van der Waals surface area contributed by atoms with Crippen molar-refractivity contribution in [3.8, 4) is 5.88 Å². The molecule has 1 heterocycles. The SMILES string of the molecule is O=[N+]([O-])c1cccc(N=Cc2c(O)[nH]c3ccccc23)c1. The van der Waals surface area contributed by atoms with Gasteiger partial charge in [0, 0.05) is 29.3 Å². The molecule has 2 aromatic carbocycles. The normalized spacial score (nSPS) is 11.2. The Morgan fingerprint density at radius 3 is 2.81 bits per heavy atom. The number of nitrogens with one attached hydrogen (secondary N) is 1. The first-order valence-corrected chi connectivity index (χ1v) is 6.23. The van der Waals surface area contributed by atoms with Crippen LogP contribution in [-0.2, 0) is 0 Å². The number of H-pyrrole nitrogens is 1. The number of hydrogen-bond acceptors (Lipinski definition) is 4. The van der Waals surface area contributed by atoms with Crippen LogP contribution in [0.4, 0.5) is 11.4 Å². The average Bonchev–Trinajstić information content (AvgIpc) is 2.81. The minimum Gasteiger partial charge on any atom is -0.494 e. The molecule has 0 saturated heterocycles. The van der Waals surface area contributed by atoms with Crippen molar-refractivity contribution in [3.63, 3.8) is 0 Å². The highest BCUT2D eigenvalue weighted by Crippen LogP contribution is 2.26. The van der Waals surface area contributed by atoms with Crippen LogP contribution in [0.2, 0.25) is 0 Å². The number of hydrogen-bond donors (Lipinski definition) is 2. The van der Waals surface area contributed by atoms with Gasteiger partial charge in [0.25, 0.3) is 5.69 Å². The largest absolute Gasteiger partial charge is 0.494 e. The highest BCUT2D eigenvalue weighted by atomic mass is 16.6. The molecule has 1 aromatic heterocycles. The topological polar surface area (TPSA) is 91.5 Å². The summed E-state index contributed by atoms with van der Waals surface area (Å²) in [6.45, 7) is 0. The van der Waals surface area contributed by atoms with Crippen molar-refractivity contribution in [1.29, 1.82) is 0 Å². The predicted molar refractivity (Wildman–Crippen MR) is 80.3 cm³/mol. The van der Waals surface area contributed by atoms with E-state index >= 15 is 0 Å². The van der Waals surface area contributed by atoms with Gasteiger partial charge in [0.2, 0.25) is 0 Å². The molecule has 0 fully saturated rings. The van der Waals surface area contributed by atoms with E-state index in [1.54, 1.807) is 12.1 Å². The molecule has 21 heavy (non-hydrogen) atoms. The van der Waals surface area contributed by atoms with Crippen LogP contribution in [0.5, 0.6) is 5.88 Å². The van der Waals surface area contributed by atoms with Gasteiger partial charge in [0.05, 0.1) is 16.2 Å². The van der Waals surface area contributed by atoms with E-state index in [-0.39, 0.29) is 11.6 Å². The highest BCUT2D eigenvalue weighted by molar-refractivity contribution is 6.02. The minimum atomic E-state index is -0.470. The first-order chi connectivity index (χ1) is 10.1. The molecule has 104 valence electrons. The number of nitrogens with zero attached hydrogens (tertiary/aromatic N) is 2. The van der Waals surface area contributed by atoms with Crippen LogP contribution in [0.1, 0.15) is 5.56 Å². The molecule has 6 heteroatoms. The summed E-state index contributed by atoms with van der Waals surface area (Å²) in [7, 11) is 0. The second-order valence-corrected chi connectivity index (χ2v) is 4.47. The van der Waals surface area contributed by atoms with Crippen molar-refractivity contribution >= 4 is 28.5 Å². The molecular weight excluding hydrogens is 270 g/mol. The molecule has 3 aromatic rings. The fraction of sp³-hybridized carbons (Fsp3) is 0. The third-order valence-corrected chi connectivity index (χ3v) is 3.11. The van der Waals surface area contributed by atoms with E-state index in [9.17, 15) is 15.2 Å². The predicted octanol–water partition coefficient (Wildman–Crippen LogP) is 3.53. The molecule has 0 amide bonds. The van der Waals surface area contributed by atoms with Crippen LogP contribution in [0.3, 0.4) is 0 Å². The molecule has 0 aliphatic carbocycles. The molecule has 6 nitrogen and oxygen atoms in total. The third kappa shape index (κ3) is 2.46. The monoisotopic (exact) mass is 281 g/mol. The number of rotatable bonds is 3. The Labute approximate surface area is 119 Å². The number of aromatic hydroxyl groups is 1. The van der Waals surface area contributed by atoms with E-state index in [1.807, 2.05) is 24.3 Å². The Morgan fingerprint density at radius 2 is 2.00 bits per heavy atom. The van der Waals surface area contributed by atoms with Crippen molar-refractivity contribution in [2.75, 3.05) is 0 Å². The van der Waals surface area contributed by atoms with Crippen molar-refractivity contribution in [2.24, 2.45) is 4.99 Å². The summed E-state index contributed by atoms with van der Waals surface area (Å²) in [5.74, 6) is 0.0189. The maximum absolute atomic E-state index is 10.7. The zero-order valence-corrected chi connectivity index (χ0v) is 10.9. The maximum atomic E-state index is 10.7. The molecule has 0 unspecified atom stereocenters. The highest BCUT2D eigenvalue weighted by Gasteiger charge is 2.08. The number of nitro benzene ring substituents is 1. The second-order valence-electron chi connectivity index (χ2n) is 4.47. The number of para-hydroxylation sites is 1. The van der Waals surface area contributed by atoms with Gasteiger partial charge in [-0.2, -0.15) is 0 Å². The molecule has 2 N–H and O–H groups in total. The zero-order valence-electron chi connectivity index (χ0n) is 10.9. The molecule has 0 bridgehead atoms. The van der Waals surface area contributed by atoms with Gasteiger partial charge in [-0.15, -0.1) is 0 Å². The molecule has 0 atom stereocenters. The van der Waals surface area contributed by atoms with Crippen molar-refractivity contribution < 1.29 is 10.0 Å². The quantitative estimate of drug-likeness (QED) is 0.437. The van der Waals surface area contributed by atoms with Gasteiger partial charge in [-0.25, -0.2) is 0 Å². The summed E-state index contributed by atoms with van der Waals surface area (Å²) in [6.07, 6.45) is 1.49. The average molecular weight is 281 g/mol. The molecule has 0 saturated carbocycles. The summed E-state index contributed by atoms with van der Waals surface area (Å²) in [6, 6.07) is 13.4. The van der Waals surface area contributed by atoms with Crippen molar-refractivity contribution in [1.82, 2.24) is 4.98 Å². The van der Waals surface area contributed by atoms with E-state index in [4.69, 9.17) is 0 Å². The van der Waals surface area contributed by atoms with E-state index < -0.39 is 4.92 Å². The number of aromatic amines is 1. The van der Waals surface area contributed by atoms with E-state index in [0.717, 1.165) is 10.9 Å². The van der Waals surface area contributed by atoms with E-state index in [2.05, 4.69) is 9.98 Å². The number of nitro groups is 1. The van der Waals surface area contributed by atoms with Gasteiger partial charge >= 0.3 is 0 Å². The number of aliphatic imine (C=N–C) groups is 1. The van der Waals surface area contributed by atoms with Gasteiger partial charge in [-0.1, -0.05) is 24.3 Å². The maximum Gasteiger partial charge on any atom is 0.271 e. The molecule has 0 radical (unpaired) electrons. The standard InChI is InChI=1S/C15H11N3O3/c19-15-13(12-6-1-2-7-14(12)17-15)9-16-10-4-3-5-11(8-10)18(20)21/h1-9,17,19H. The molecular formula is C15H11N3O3. The Hall–Kier alpha value is -3.15. The number of aromatic nitrogens is 1. The summed E-state index contributed by atoms with van der Waals surface area (Å²) >= 11 is 0. The van der Waals surface area contributed by atoms with Crippen LogP contribution in [0.25, 0.3) is 10.9 Å². The Kier molecular flexibility index (Phi) is 3.12. The lowest BCUT2D eigenvalue weighted by Crippen LogP contribution is -1.86. The molecule has 3 rings (SSSR count). The number of non-ortho nitro benzene ring substituents is 1. The van der Waals surface area contributed by atoms with Gasteiger partial charge < -0.3 is 10.1 Å². The lowest BCUT2D eigenvalue weighted by Gasteiger charge is -1.95. The summed E-state index contributed by atoms with van der Waals surface area (Å²) in [5, 5.41) is 21.5. The Balaban J connectivity index is 2.00. The number of benzene rings is 2. The van der Waals surface area contributed by atoms with Gasteiger partial charge in [0.1, 0.15) is 0 Å². The van der Waals surface area contributed by atoms with Crippen LogP contribution in [0.15, 0.2) is 53.5 Å². The lowest BCUT2D eigenvalue weighted by molar-refractivity contribution is -0.384. The fourth-order valence-corrected chi connectivity index (χ4v) is 2.11. The first-order valence-electron chi connectivity index (χ1n) is 6.23. The third-order valence-electron chi connectivity index (χ3n) is 3.11. The summed E-state index contributed by atoms with van der Waals surface area (Å²) in [5.41, 5.74) is 1.79.